The molecule has 0 aliphatic rings. The van der Waals surface area contributed by atoms with Crippen LogP contribution in [0.5, 0.6) is 0 Å². The first-order valence-electron chi connectivity index (χ1n) is 9.97. The van der Waals surface area contributed by atoms with E-state index in [0.717, 1.165) is 0 Å². The molecule has 0 aromatic carbocycles. The maximum atomic E-state index is 6.27. The minimum absolute atomic E-state index is 0.381. The maximum absolute atomic E-state index is 6.27. The molecule has 0 bridgehead atoms. The Labute approximate surface area is 148 Å². The summed E-state index contributed by atoms with van der Waals surface area (Å²) in [5.41, 5.74) is 0. The van der Waals surface area contributed by atoms with Crippen molar-refractivity contribution in [1.82, 2.24) is 0 Å². The minimum atomic E-state index is -2.08. The summed E-state index contributed by atoms with van der Waals surface area (Å²) in [7, 11) is 1.74. The van der Waals surface area contributed by atoms with Crippen LogP contribution < -0.4 is 0 Å². The normalized spacial score (nSPS) is 13.8. The van der Waals surface area contributed by atoms with Gasteiger partial charge in [-0.1, -0.05) is 0 Å². The summed E-state index contributed by atoms with van der Waals surface area (Å²) < 4.78 is 11.5. The molecule has 3 heteroatoms. The van der Waals surface area contributed by atoms with Crippen LogP contribution in [0.1, 0.15) is 79.1 Å². The second-order valence-corrected chi connectivity index (χ2v) is 16.9. The fourth-order valence-electron chi connectivity index (χ4n) is 3.35. The van der Waals surface area contributed by atoms with E-state index in [-0.39, 0.29) is 0 Å². The van der Waals surface area contributed by atoms with E-state index in [1.807, 2.05) is 0 Å². The monoisotopic (exact) mass is 388 g/mol. The average molecular weight is 387 g/mol. The van der Waals surface area contributed by atoms with Crippen LogP contribution in [0.15, 0.2) is 12.2 Å². The quantitative estimate of drug-likeness (QED) is 0.166. The molecule has 0 aromatic rings. The Kier molecular flexibility index (Phi) is 15.9. The van der Waals surface area contributed by atoms with Crippen LogP contribution in [-0.2, 0) is 9.47 Å². The van der Waals surface area contributed by atoms with Crippen molar-refractivity contribution in [3.8, 4) is 0 Å². The average Bonchev–Trinajstić information content (AvgIpc) is 2.58. The number of unbranched alkanes of at least 4 members (excludes halogenated alkanes) is 4. The van der Waals surface area contributed by atoms with Crippen molar-refractivity contribution in [2.45, 2.75) is 99.8 Å². The molecule has 0 aliphatic heterocycles. The molecule has 0 fully saturated rings. The fraction of sp³-hybridized carbons (Fsp3) is 0.900. The molecular formula is C20H42GeO2. The van der Waals surface area contributed by atoms with Gasteiger partial charge in [0.2, 0.25) is 0 Å². The molecule has 0 radical (unpaired) electrons. The van der Waals surface area contributed by atoms with E-state index in [4.69, 9.17) is 9.47 Å². The molecule has 0 saturated carbocycles. The van der Waals surface area contributed by atoms with Gasteiger partial charge in [0, 0.05) is 0 Å². The molecule has 0 saturated heterocycles. The van der Waals surface area contributed by atoms with Crippen LogP contribution in [0.3, 0.4) is 0 Å². The van der Waals surface area contributed by atoms with Crippen molar-refractivity contribution < 1.29 is 9.47 Å². The summed E-state index contributed by atoms with van der Waals surface area (Å²) in [6, 6.07) is 0. The van der Waals surface area contributed by atoms with Gasteiger partial charge in [-0.15, -0.1) is 0 Å². The standard InChI is InChI=1S/C20H42GeO2/c1-6-10-14-15-20(23-19-22-5)21(16-11-7-2,17-12-8-3)18-13-9-4/h14-15,20H,6-13,16-19H2,1-5H3/b15-14+/t20-/m0/s1. The number of rotatable bonds is 16. The van der Waals surface area contributed by atoms with Gasteiger partial charge < -0.3 is 0 Å². The summed E-state index contributed by atoms with van der Waals surface area (Å²) in [6.45, 7) is 9.66. The van der Waals surface area contributed by atoms with Crippen LogP contribution in [-0.4, -0.2) is 32.1 Å². The fourth-order valence-corrected chi connectivity index (χ4v) is 15.4. The summed E-state index contributed by atoms with van der Waals surface area (Å²) in [5, 5.41) is 4.38. The van der Waals surface area contributed by atoms with Crippen LogP contribution in [0.2, 0.25) is 15.8 Å². The topological polar surface area (TPSA) is 18.5 Å². The second-order valence-electron chi connectivity index (χ2n) is 6.88. The summed E-state index contributed by atoms with van der Waals surface area (Å²) in [4.78, 5) is 0.381. The molecule has 0 N–H and O–H groups in total. The van der Waals surface area contributed by atoms with Crippen molar-refractivity contribution >= 4 is 13.3 Å². The Morgan fingerprint density at radius 3 is 1.74 bits per heavy atom. The molecule has 0 aliphatic carbocycles. The summed E-state index contributed by atoms with van der Waals surface area (Å²) in [6.07, 6.45) is 15.2. The van der Waals surface area contributed by atoms with Gasteiger partial charge >= 0.3 is 149 Å². The third kappa shape index (κ3) is 9.93. The predicted octanol–water partition coefficient (Wildman–Crippen LogP) is 6.72. The third-order valence-electron chi connectivity index (χ3n) is 4.82. The van der Waals surface area contributed by atoms with Crippen LogP contribution in [0, 0.1) is 0 Å². The number of hydrogen-bond donors (Lipinski definition) is 0. The van der Waals surface area contributed by atoms with Crippen LogP contribution in [0.4, 0.5) is 0 Å². The zero-order valence-corrected chi connectivity index (χ0v) is 18.6. The van der Waals surface area contributed by atoms with E-state index in [0.29, 0.717) is 11.7 Å². The first-order valence-corrected chi connectivity index (χ1v) is 15.6. The first-order chi connectivity index (χ1) is 11.2. The molecule has 0 heterocycles. The Morgan fingerprint density at radius 1 is 0.826 bits per heavy atom. The number of hydrogen-bond acceptors (Lipinski definition) is 2. The molecule has 23 heavy (non-hydrogen) atoms. The zero-order valence-electron chi connectivity index (χ0n) is 16.5. The Bertz CT molecular complexity index is 257. The van der Waals surface area contributed by atoms with Crippen molar-refractivity contribution in [1.29, 1.82) is 0 Å². The predicted molar refractivity (Wildman–Crippen MR) is 106 cm³/mol. The SMILES string of the molecule is CCC/C=C/[C@H](OCOC)[Ge]([CH2]CCC)([CH2]CCC)[CH2]CCC. The van der Waals surface area contributed by atoms with Crippen molar-refractivity contribution in [2.75, 3.05) is 13.9 Å². The van der Waals surface area contributed by atoms with Crippen LogP contribution >= 0.6 is 0 Å². The van der Waals surface area contributed by atoms with E-state index in [1.54, 1.807) is 7.11 Å². The van der Waals surface area contributed by atoms with Gasteiger partial charge in [0.15, 0.2) is 0 Å². The summed E-state index contributed by atoms with van der Waals surface area (Å²) >= 11 is -2.08. The molecule has 2 nitrogen and oxygen atoms in total. The van der Waals surface area contributed by atoms with Gasteiger partial charge in [-0.2, -0.15) is 0 Å². The van der Waals surface area contributed by atoms with E-state index < -0.39 is 13.3 Å². The van der Waals surface area contributed by atoms with Gasteiger partial charge in [0.25, 0.3) is 0 Å². The van der Waals surface area contributed by atoms with Crippen molar-refractivity contribution in [3.63, 3.8) is 0 Å². The summed E-state index contributed by atoms with van der Waals surface area (Å²) in [5.74, 6) is 0. The first kappa shape index (κ1) is 23.2. The Hall–Kier alpha value is 0.203. The van der Waals surface area contributed by atoms with E-state index in [2.05, 4.69) is 39.8 Å². The molecule has 138 valence electrons. The van der Waals surface area contributed by atoms with Gasteiger partial charge in [-0.05, 0) is 0 Å². The molecular weight excluding hydrogens is 345 g/mol. The van der Waals surface area contributed by atoms with Crippen molar-refractivity contribution in [2.24, 2.45) is 0 Å². The van der Waals surface area contributed by atoms with Crippen LogP contribution in [0.25, 0.3) is 0 Å². The van der Waals surface area contributed by atoms with E-state index in [9.17, 15) is 0 Å². The molecule has 0 rings (SSSR count). The molecule has 0 aromatic heterocycles. The molecule has 0 spiro atoms. The van der Waals surface area contributed by atoms with Gasteiger partial charge in [-0.25, -0.2) is 0 Å². The third-order valence-corrected chi connectivity index (χ3v) is 16.6. The van der Waals surface area contributed by atoms with Crippen molar-refractivity contribution in [3.05, 3.63) is 12.2 Å². The van der Waals surface area contributed by atoms with Gasteiger partial charge in [0.05, 0.1) is 0 Å². The Morgan fingerprint density at radius 2 is 1.35 bits per heavy atom. The van der Waals surface area contributed by atoms with Gasteiger partial charge in [0.1, 0.15) is 0 Å². The van der Waals surface area contributed by atoms with Gasteiger partial charge in [-0.3, -0.25) is 0 Å². The molecule has 0 unspecified atom stereocenters. The second kappa shape index (κ2) is 15.7. The number of methoxy groups -OCH3 is 1. The van der Waals surface area contributed by atoms with E-state index in [1.165, 1.54) is 67.1 Å². The molecule has 0 amide bonds. The van der Waals surface area contributed by atoms with E-state index >= 15 is 0 Å². The molecule has 1 atom stereocenters. The number of ether oxygens (including phenoxy) is 2. The Balaban J connectivity index is 5.31. The zero-order chi connectivity index (χ0) is 17.4. The number of allylic oxidation sites excluding steroid dienone is 1.